The second kappa shape index (κ2) is 8.17. The number of hydrogen-bond acceptors (Lipinski definition) is 5. The first kappa shape index (κ1) is 21.2. The number of nitrogens with zero attached hydrogens (tertiary/aromatic N) is 3. The first-order valence-corrected chi connectivity index (χ1v) is 11.1. The van der Waals surface area contributed by atoms with Crippen molar-refractivity contribution in [3.63, 3.8) is 0 Å². The number of carbonyl (C=O) groups excluding carboxylic acids is 1. The van der Waals surface area contributed by atoms with Crippen LogP contribution in [0.25, 0.3) is 44.8 Å². The summed E-state index contributed by atoms with van der Waals surface area (Å²) in [5, 5.41) is 21.5. The Morgan fingerprint density at radius 3 is 1.53 bits per heavy atom. The van der Waals surface area contributed by atoms with Crippen molar-refractivity contribution in [2.45, 2.75) is 0 Å². The molecule has 0 bridgehead atoms. The van der Waals surface area contributed by atoms with Crippen LogP contribution < -0.4 is 10.6 Å². The number of amides is 2. The molecule has 4 aromatic carbocycles. The third kappa shape index (κ3) is 3.55. The van der Waals surface area contributed by atoms with Gasteiger partial charge in [0, 0.05) is 12.1 Å². The summed E-state index contributed by atoms with van der Waals surface area (Å²) in [5.41, 5.74) is 10.5. The van der Waals surface area contributed by atoms with E-state index in [1.54, 1.807) is 24.3 Å². The smallest absolute Gasteiger partial charge is 0.323 e. The van der Waals surface area contributed by atoms with Gasteiger partial charge in [-0.05, 0) is 48.5 Å². The zero-order chi connectivity index (χ0) is 24.8. The van der Waals surface area contributed by atoms with Crippen molar-refractivity contribution in [2.24, 2.45) is 5.73 Å². The Labute approximate surface area is 204 Å². The number of imidazole rings is 2. The van der Waals surface area contributed by atoms with Gasteiger partial charge in [-0.2, -0.15) is 0 Å². The predicted molar refractivity (Wildman–Crippen MR) is 138 cm³/mol. The molecule has 0 aliphatic heterocycles. The topological polar surface area (TPSA) is 144 Å². The number of nitrogens with two attached hydrogens (primary N) is 1. The minimum absolute atomic E-state index is 0.0825. The monoisotopic (exact) mass is 476 g/mol. The Hall–Kier alpha value is -5.31. The van der Waals surface area contributed by atoms with Gasteiger partial charge in [-0.1, -0.05) is 24.3 Å². The van der Waals surface area contributed by atoms with E-state index in [0.717, 1.165) is 22.1 Å². The predicted octanol–water partition coefficient (Wildman–Crippen LogP) is 5.40. The van der Waals surface area contributed by atoms with Gasteiger partial charge in [0.1, 0.15) is 23.1 Å². The van der Waals surface area contributed by atoms with Crippen molar-refractivity contribution in [3.05, 3.63) is 84.9 Å². The molecule has 0 atom stereocenters. The number of primary amides is 1. The summed E-state index contributed by atoms with van der Waals surface area (Å²) in [5.74, 6) is 0.833. The molecule has 2 heterocycles. The quantitative estimate of drug-likeness (QED) is 0.231. The molecule has 9 heteroatoms. The molecule has 2 amide bonds. The molecule has 6 N–H and O–H groups in total. The number of urea groups is 1. The van der Waals surface area contributed by atoms with Gasteiger partial charge in [0.2, 0.25) is 0 Å². The van der Waals surface area contributed by atoms with E-state index in [0.29, 0.717) is 34.2 Å². The fourth-order valence-corrected chi connectivity index (χ4v) is 4.28. The minimum Gasteiger partial charge on any atom is -0.507 e. The van der Waals surface area contributed by atoms with E-state index in [2.05, 4.69) is 19.9 Å². The summed E-state index contributed by atoms with van der Waals surface area (Å²) < 4.78 is 0. The maximum atomic E-state index is 12.4. The number of hydrogen-bond donors (Lipinski definition) is 5. The maximum Gasteiger partial charge on any atom is 0.323 e. The van der Waals surface area contributed by atoms with Gasteiger partial charge in [-0.15, -0.1) is 0 Å². The molecule has 176 valence electrons. The summed E-state index contributed by atoms with van der Waals surface area (Å²) in [7, 11) is 0. The van der Waals surface area contributed by atoms with Crippen LogP contribution in [0, 0.1) is 0 Å². The van der Waals surface area contributed by atoms with Crippen LogP contribution in [0.3, 0.4) is 0 Å². The van der Waals surface area contributed by atoms with Crippen LogP contribution in [0.2, 0.25) is 0 Å². The Morgan fingerprint density at radius 1 is 0.694 bits per heavy atom. The molecule has 0 radical (unpaired) electrons. The Bertz CT molecular complexity index is 1580. The van der Waals surface area contributed by atoms with Crippen molar-refractivity contribution in [3.8, 4) is 34.3 Å². The molecule has 0 unspecified atom stereocenters. The summed E-state index contributed by atoms with van der Waals surface area (Å²) in [6.45, 7) is 0. The highest BCUT2D eigenvalue weighted by Crippen LogP contribution is 2.38. The van der Waals surface area contributed by atoms with E-state index in [-0.39, 0.29) is 11.5 Å². The van der Waals surface area contributed by atoms with Crippen molar-refractivity contribution in [1.29, 1.82) is 0 Å². The molecule has 0 aliphatic rings. The highest BCUT2D eigenvalue weighted by Gasteiger charge is 2.20. The zero-order valence-corrected chi connectivity index (χ0v) is 18.8. The summed E-state index contributed by atoms with van der Waals surface area (Å²) in [6, 6.07) is 23.8. The Kier molecular flexibility index (Phi) is 4.82. The molecular formula is C27H20N6O3. The van der Waals surface area contributed by atoms with Gasteiger partial charge in [-0.3, -0.25) is 4.90 Å². The van der Waals surface area contributed by atoms with E-state index in [9.17, 15) is 15.0 Å². The largest absolute Gasteiger partial charge is 0.507 e. The number of fused-ring (bicyclic) bond motifs is 2. The highest BCUT2D eigenvalue weighted by molar-refractivity contribution is 5.99. The lowest BCUT2D eigenvalue weighted by molar-refractivity contribution is 0.256. The number of aromatic hydroxyl groups is 2. The zero-order valence-electron chi connectivity index (χ0n) is 18.8. The van der Waals surface area contributed by atoms with Crippen molar-refractivity contribution < 1.29 is 15.0 Å². The van der Waals surface area contributed by atoms with Crippen LogP contribution in [0.1, 0.15) is 0 Å². The number of H-pyrrole nitrogens is 2. The number of phenolic OH excluding ortho intramolecular Hbond substituents is 2. The Balaban J connectivity index is 1.36. The molecule has 6 aromatic rings. The molecule has 0 saturated heterocycles. The molecule has 0 spiro atoms. The molecule has 6 rings (SSSR count). The second-order valence-corrected chi connectivity index (χ2v) is 8.28. The SMILES string of the molecule is NC(=O)N(c1ccc(-c2nc3ccccc3[nH]2)c(O)c1)c1ccc(-c2nc3ccccc3[nH]2)c(O)c1. The van der Waals surface area contributed by atoms with Gasteiger partial charge >= 0.3 is 6.03 Å². The van der Waals surface area contributed by atoms with Crippen LogP contribution in [0.15, 0.2) is 84.9 Å². The number of nitrogens with one attached hydrogen (secondary N) is 2. The van der Waals surface area contributed by atoms with Crippen molar-refractivity contribution >= 4 is 39.5 Å². The van der Waals surface area contributed by atoms with E-state index in [1.165, 1.54) is 17.0 Å². The van der Waals surface area contributed by atoms with Crippen LogP contribution >= 0.6 is 0 Å². The van der Waals surface area contributed by atoms with Gasteiger partial charge in [-0.25, -0.2) is 14.8 Å². The number of para-hydroxylation sites is 4. The number of anilines is 2. The molecule has 2 aromatic heterocycles. The lowest BCUT2D eigenvalue weighted by Crippen LogP contribution is -2.31. The molecular weight excluding hydrogens is 456 g/mol. The number of aromatic amines is 2. The first-order chi connectivity index (χ1) is 17.5. The van der Waals surface area contributed by atoms with E-state index >= 15 is 0 Å². The molecule has 9 nitrogen and oxygen atoms in total. The average Bonchev–Trinajstić information content (AvgIpc) is 3.48. The van der Waals surface area contributed by atoms with Crippen molar-refractivity contribution in [2.75, 3.05) is 4.90 Å². The summed E-state index contributed by atoms with van der Waals surface area (Å²) in [4.78, 5) is 29.0. The number of benzene rings is 4. The molecule has 0 fully saturated rings. The highest BCUT2D eigenvalue weighted by atomic mass is 16.3. The lowest BCUT2D eigenvalue weighted by atomic mass is 10.1. The number of aromatic nitrogens is 4. The molecule has 0 saturated carbocycles. The van der Waals surface area contributed by atoms with Gasteiger partial charge in [0.25, 0.3) is 0 Å². The molecule has 0 aliphatic carbocycles. The van der Waals surface area contributed by atoms with Crippen LogP contribution in [-0.2, 0) is 0 Å². The summed E-state index contributed by atoms with van der Waals surface area (Å²) >= 11 is 0. The Morgan fingerprint density at radius 2 is 1.14 bits per heavy atom. The normalized spacial score (nSPS) is 11.2. The first-order valence-electron chi connectivity index (χ1n) is 11.1. The second-order valence-electron chi connectivity index (χ2n) is 8.28. The maximum absolute atomic E-state index is 12.4. The van der Waals surface area contributed by atoms with Crippen LogP contribution in [-0.4, -0.2) is 36.2 Å². The minimum atomic E-state index is -0.776. The number of phenols is 2. The van der Waals surface area contributed by atoms with E-state index < -0.39 is 6.03 Å². The van der Waals surface area contributed by atoms with Crippen molar-refractivity contribution in [1.82, 2.24) is 19.9 Å². The van der Waals surface area contributed by atoms with Gasteiger partial charge in [0.05, 0.1) is 44.6 Å². The molecule has 36 heavy (non-hydrogen) atoms. The van der Waals surface area contributed by atoms with E-state index in [4.69, 9.17) is 5.73 Å². The third-order valence-corrected chi connectivity index (χ3v) is 5.99. The van der Waals surface area contributed by atoms with Gasteiger partial charge < -0.3 is 25.9 Å². The van der Waals surface area contributed by atoms with Crippen LogP contribution in [0.5, 0.6) is 11.5 Å². The third-order valence-electron chi connectivity index (χ3n) is 5.99. The van der Waals surface area contributed by atoms with E-state index in [1.807, 2.05) is 48.5 Å². The number of rotatable bonds is 4. The fraction of sp³-hybridized carbons (Fsp3) is 0. The fourth-order valence-electron chi connectivity index (χ4n) is 4.28. The van der Waals surface area contributed by atoms with Crippen LogP contribution in [0.4, 0.5) is 16.2 Å². The number of carbonyl (C=O) groups is 1. The average molecular weight is 476 g/mol. The summed E-state index contributed by atoms with van der Waals surface area (Å²) in [6.07, 6.45) is 0. The standard InChI is InChI=1S/C27H20N6O3/c28-27(36)33(15-9-11-17(23(34)13-15)25-29-19-5-1-2-6-20(19)30-25)16-10-12-18(24(35)14-16)26-31-21-7-3-4-8-22(21)32-26/h1-14,34-35H,(H2,28,36)(H,29,30)(H,31,32). The lowest BCUT2D eigenvalue weighted by Gasteiger charge is -2.22. The van der Waals surface area contributed by atoms with Gasteiger partial charge in [0.15, 0.2) is 0 Å².